The van der Waals surface area contributed by atoms with Gasteiger partial charge in [0.05, 0.1) is 6.61 Å². The van der Waals surface area contributed by atoms with Gasteiger partial charge in [0, 0.05) is 5.41 Å². The molecule has 0 aliphatic heterocycles. The minimum atomic E-state index is -6.45. The van der Waals surface area contributed by atoms with Gasteiger partial charge in [0.1, 0.15) is 0 Å². The van der Waals surface area contributed by atoms with E-state index < -0.39 is 39.3 Å². The summed E-state index contributed by atoms with van der Waals surface area (Å²) in [6.07, 6.45) is 4.26. The van der Waals surface area contributed by atoms with Gasteiger partial charge in [-0.3, -0.25) is 4.55 Å². The van der Waals surface area contributed by atoms with Gasteiger partial charge >= 0.3 is 27.3 Å². The molecular weight excluding hydrogens is 344 g/mol. The first kappa shape index (κ1) is 16.9. The van der Waals surface area contributed by atoms with Crippen LogP contribution in [-0.2, 0) is 19.6 Å². The van der Waals surface area contributed by atoms with Gasteiger partial charge in [0.25, 0.3) is 0 Å². The molecule has 0 amide bonds. The van der Waals surface area contributed by atoms with E-state index in [1.54, 1.807) is 0 Å². The Morgan fingerprint density at radius 1 is 1.13 bits per heavy atom. The van der Waals surface area contributed by atoms with Crippen molar-refractivity contribution in [3.8, 4) is 0 Å². The van der Waals surface area contributed by atoms with Crippen LogP contribution in [0.3, 0.4) is 0 Å². The lowest BCUT2D eigenvalue weighted by Gasteiger charge is -2.38. The third-order valence-electron chi connectivity index (χ3n) is 5.51. The standard InChI is InChI=1S/C13H16F4O5S/c14-12(15,13(16,17)23(19,20)21)10(18)22-6-11-3-7-1-8(4-11)9(2-7)5-11/h7-9H,1-6H2,(H,19,20,21). The first-order chi connectivity index (χ1) is 10.4. The Morgan fingerprint density at radius 3 is 2.09 bits per heavy atom. The molecule has 0 aromatic carbocycles. The van der Waals surface area contributed by atoms with Gasteiger partial charge in [-0.25, -0.2) is 4.79 Å². The second-order valence-corrected chi connectivity index (χ2v) is 8.58. The highest BCUT2D eigenvalue weighted by Gasteiger charge is 2.71. The Hall–Kier alpha value is -0.900. The minimum Gasteiger partial charge on any atom is -0.460 e. The number of esters is 1. The highest BCUT2D eigenvalue weighted by Crippen LogP contribution is 2.64. The molecule has 4 fully saturated rings. The third-order valence-corrected chi connectivity index (χ3v) is 6.41. The summed E-state index contributed by atoms with van der Waals surface area (Å²) in [5.74, 6) is -6.89. The smallest absolute Gasteiger partial charge is 0.443 e. The van der Waals surface area contributed by atoms with Crippen LogP contribution < -0.4 is 0 Å². The normalized spacial score (nSPS) is 36.5. The molecule has 2 atom stereocenters. The Bertz CT molecular complexity index is 613. The summed E-state index contributed by atoms with van der Waals surface area (Å²) >= 11 is 0. The van der Waals surface area contributed by atoms with Gasteiger partial charge in [-0.2, -0.15) is 26.0 Å². The van der Waals surface area contributed by atoms with E-state index in [1.807, 2.05) is 0 Å². The lowest BCUT2D eigenvalue weighted by Crippen LogP contribution is -2.53. The summed E-state index contributed by atoms with van der Waals surface area (Å²) in [7, 11) is -6.45. The molecule has 4 aliphatic carbocycles. The predicted molar refractivity (Wildman–Crippen MR) is 68.4 cm³/mol. The highest BCUT2D eigenvalue weighted by atomic mass is 32.2. The van der Waals surface area contributed by atoms with E-state index in [0.717, 1.165) is 12.8 Å². The van der Waals surface area contributed by atoms with Crippen molar-refractivity contribution in [2.24, 2.45) is 23.2 Å². The number of hydrogen-bond acceptors (Lipinski definition) is 4. The Morgan fingerprint density at radius 2 is 1.65 bits per heavy atom. The first-order valence-electron chi connectivity index (χ1n) is 7.28. The number of carbonyl (C=O) groups excluding carboxylic acids is 1. The molecule has 0 radical (unpaired) electrons. The zero-order valence-corrected chi connectivity index (χ0v) is 12.8. The molecule has 5 nitrogen and oxygen atoms in total. The molecule has 4 bridgehead atoms. The Kier molecular flexibility index (Phi) is 3.54. The van der Waals surface area contributed by atoms with E-state index in [-0.39, 0.29) is 0 Å². The van der Waals surface area contributed by atoms with Crippen LogP contribution in [0.15, 0.2) is 0 Å². The zero-order valence-electron chi connectivity index (χ0n) is 12.0. The van der Waals surface area contributed by atoms with Crippen molar-refractivity contribution >= 4 is 16.1 Å². The molecule has 132 valence electrons. The van der Waals surface area contributed by atoms with Crippen LogP contribution in [0.2, 0.25) is 0 Å². The highest BCUT2D eigenvalue weighted by molar-refractivity contribution is 7.87. The maximum Gasteiger partial charge on any atom is 0.443 e. The van der Waals surface area contributed by atoms with Crippen LogP contribution in [0.25, 0.3) is 0 Å². The summed E-state index contributed by atoms with van der Waals surface area (Å²) in [4.78, 5) is 11.3. The van der Waals surface area contributed by atoms with E-state index in [1.165, 1.54) is 0 Å². The number of alkyl halides is 4. The van der Waals surface area contributed by atoms with E-state index in [4.69, 9.17) is 4.55 Å². The molecule has 1 N–H and O–H groups in total. The molecule has 0 heterocycles. The predicted octanol–water partition coefficient (Wildman–Crippen LogP) is 2.47. The van der Waals surface area contributed by atoms with Crippen LogP contribution >= 0.6 is 0 Å². The van der Waals surface area contributed by atoms with Gasteiger partial charge < -0.3 is 4.74 Å². The maximum absolute atomic E-state index is 13.4. The number of halogens is 4. The second kappa shape index (κ2) is 4.81. The topological polar surface area (TPSA) is 80.7 Å². The molecule has 2 unspecified atom stereocenters. The van der Waals surface area contributed by atoms with Crippen molar-refractivity contribution in [2.45, 2.75) is 43.3 Å². The van der Waals surface area contributed by atoms with Gasteiger partial charge in [-0.05, 0) is 49.9 Å². The third kappa shape index (κ3) is 2.45. The summed E-state index contributed by atoms with van der Waals surface area (Å²) in [6, 6.07) is 0. The SMILES string of the molecule is O=C(OCC12CC3CC(C1)C(C3)C2)C(F)(F)C(F)(F)S(=O)(=O)O. The first-order valence-corrected chi connectivity index (χ1v) is 8.72. The van der Waals surface area contributed by atoms with Gasteiger partial charge in [0.15, 0.2) is 0 Å². The number of ether oxygens (including phenoxy) is 1. The molecule has 4 saturated carbocycles. The van der Waals surface area contributed by atoms with Crippen molar-refractivity contribution in [3.63, 3.8) is 0 Å². The number of hydrogen-bond donors (Lipinski definition) is 1. The molecule has 23 heavy (non-hydrogen) atoms. The Labute approximate surface area is 130 Å². The van der Waals surface area contributed by atoms with Gasteiger partial charge in [0.2, 0.25) is 0 Å². The van der Waals surface area contributed by atoms with E-state index in [0.29, 0.717) is 37.0 Å². The quantitative estimate of drug-likeness (QED) is 0.463. The molecule has 0 spiro atoms. The monoisotopic (exact) mass is 360 g/mol. The molecule has 4 rings (SSSR count). The summed E-state index contributed by atoms with van der Waals surface area (Å²) in [5, 5.41) is -5.93. The summed E-state index contributed by atoms with van der Waals surface area (Å²) < 4.78 is 86.4. The van der Waals surface area contributed by atoms with Crippen LogP contribution in [0.1, 0.15) is 32.1 Å². The minimum absolute atomic E-state index is 0.424. The van der Waals surface area contributed by atoms with E-state index in [9.17, 15) is 30.8 Å². The van der Waals surface area contributed by atoms with Crippen molar-refractivity contribution in [1.82, 2.24) is 0 Å². The van der Waals surface area contributed by atoms with Crippen molar-refractivity contribution < 1.29 is 40.1 Å². The van der Waals surface area contributed by atoms with E-state index >= 15 is 0 Å². The van der Waals surface area contributed by atoms with Crippen LogP contribution in [0.4, 0.5) is 17.6 Å². The molecule has 0 saturated heterocycles. The van der Waals surface area contributed by atoms with Crippen LogP contribution in [0.5, 0.6) is 0 Å². The molecule has 0 aromatic rings. The fourth-order valence-corrected chi connectivity index (χ4v) is 5.15. The molecule has 10 heteroatoms. The summed E-state index contributed by atoms with van der Waals surface area (Å²) in [5.41, 5.74) is -0.463. The zero-order chi connectivity index (χ0) is 17.3. The van der Waals surface area contributed by atoms with E-state index in [2.05, 4.69) is 4.74 Å². The average Bonchev–Trinajstić information content (AvgIpc) is 2.82. The van der Waals surface area contributed by atoms with Gasteiger partial charge in [-0.1, -0.05) is 0 Å². The fourth-order valence-electron chi connectivity index (χ4n) is 4.75. The second-order valence-electron chi connectivity index (χ2n) is 7.11. The van der Waals surface area contributed by atoms with Crippen molar-refractivity contribution in [1.29, 1.82) is 0 Å². The van der Waals surface area contributed by atoms with Gasteiger partial charge in [-0.15, -0.1) is 0 Å². The van der Waals surface area contributed by atoms with Crippen LogP contribution in [0, 0.1) is 23.2 Å². The molecular formula is C13H16F4O5S. The van der Waals surface area contributed by atoms with Crippen molar-refractivity contribution in [2.75, 3.05) is 6.61 Å². The van der Waals surface area contributed by atoms with Crippen LogP contribution in [-0.4, -0.2) is 36.7 Å². The number of carbonyl (C=O) groups is 1. The Balaban J connectivity index is 1.68. The molecule has 0 aromatic heterocycles. The number of rotatable bonds is 5. The average molecular weight is 360 g/mol. The fraction of sp³-hybridized carbons (Fsp3) is 0.923. The summed E-state index contributed by atoms with van der Waals surface area (Å²) in [6.45, 7) is -0.424. The lowest BCUT2D eigenvalue weighted by molar-refractivity contribution is -0.208. The van der Waals surface area contributed by atoms with Crippen molar-refractivity contribution in [3.05, 3.63) is 0 Å². The largest absolute Gasteiger partial charge is 0.460 e. The maximum atomic E-state index is 13.4. The molecule has 4 aliphatic rings. The lowest BCUT2D eigenvalue weighted by atomic mass is 9.70.